The number of amidine groups is 1. The number of aromatic nitrogens is 2. The Morgan fingerprint density at radius 2 is 2.11 bits per heavy atom. The molecule has 0 fully saturated rings. The van der Waals surface area contributed by atoms with E-state index in [-0.39, 0.29) is 17.3 Å². The molecule has 1 rings (SSSR count). The fourth-order valence-corrected chi connectivity index (χ4v) is 1.47. The van der Waals surface area contributed by atoms with Crippen LogP contribution in [0.4, 0.5) is 5.95 Å². The molecule has 0 aromatic carbocycles. The zero-order chi connectivity index (χ0) is 13.9. The summed E-state index contributed by atoms with van der Waals surface area (Å²) >= 11 is 0. The van der Waals surface area contributed by atoms with E-state index in [0.29, 0.717) is 11.6 Å². The highest BCUT2D eigenvalue weighted by Crippen LogP contribution is 2.25. The molecule has 0 amide bonds. The Labute approximate surface area is 108 Å². The maximum absolute atomic E-state index is 8.65. The van der Waals surface area contributed by atoms with Gasteiger partial charge in [-0.05, 0) is 18.4 Å². The van der Waals surface area contributed by atoms with E-state index in [0.717, 1.165) is 0 Å². The van der Waals surface area contributed by atoms with E-state index in [1.807, 2.05) is 11.9 Å². The molecular formula is C12H21N5O. The molecule has 1 aromatic rings. The van der Waals surface area contributed by atoms with E-state index in [9.17, 15) is 0 Å². The maximum Gasteiger partial charge on any atom is 0.225 e. The molecular weight excluding hydrogens is 230 g/mol. The van der Waals surface area contributed by atoms with Gasteiger partial charge in [-0.15, -0.1) is 0 Å². The molecule has 0 aliphatic heterocycles. The summed E-state index contributed by atoms with van der Waals surface area (Å²) in [4.78, 5) is 10.5. The minimum atomic E-state index is -0.0181. The number of rotatable bonds is 3. The summed E-state index contributed by atoms with van der Waals surface area (Å²) in [6, 6.07) is 1.86. The van der Waals surface area contributed by atoms with Gasteiger partial charge in [0.1, 0.15) is 5.69 Å². The van der Waals surface area contributed by atoms with Crippen molar-refractivity contribution in [2.24, 2.45) is 16.3 Å². The predicted molar refractivity (Wildman–Crippen MR) is 71.9 cm³/mol. The van der Waals surface area contributed by atoms with E-state index in [1.165, 1.54) is 0 Å². The first-order chi connectivity index (χ1) is 8.27. The van der Waals surface area contributed by atoms with Gasteiger partial charge in [0.25, 0.3) is 0 Å². The molecule has 0 radical (unpaired) electrons. The molecule has 0 spiro atoms. The highest BCUT2D eigenvalue weighted by Gasteiger charge is 2.25. The highest BCUT2D eigenvalue weighted by atomic mass is 16.4. The van der Waals surface area contributed by atoms with Gasteiger partial charge in [-0.25, -0.2) is 9.97 Å². The SMILES string of the molecule is CC(N(C)c1nccc(/C(N)=N/O)n1)C(C)(C)C. The summed E-state index contributed by atoms with van der Waals surface area (Å²) in [6.07, 6.45) is 1.60. The lowest BCUT2D eigenvalue weighted by Gasteiger charge is -2.35. The molecule has 0 bridgehead atoms. The second-order valence-corrected chi connectivity index (χ2v) is 5.38. The first kappa shape index (κ1) is 14.2. The molecule has 6 nitrogen and oxygen atoms in total. The second kappa shape index (κ2) is 5.20. The molecule has 3 N–H and O–H groups in total. The second-order valence-electron chi connectivity index (χ2n) is 5.38. The van der Waals surface area contributed by atoms with Crippen LogP contribution in [0.1, 0.15) is 33.4 Å². The van der Waals surface area contributed by atoms with Gasteiger partial charge >= 0.3 is 0 Å². The van der Waals surface area contributed by atoms with Crippen LogP contribution < -0.4 is 10.6 Å². The van der Waals surface area contributed by atoms with Crippen molar-refractivity contribution in [3.05, 3.63) is 18.0 Å². The van der Waals surface area contributed by atoms with Gasteiger partial charge in [-0.2, -0.15) is 0 Å². The third kappa shape index (κ3) is 3.09. The normalized spacial score (nSPS) is 14.4. The van der Waals surface area contributed by atoms with E-state index < -0.39 is 0 Å². The van der Waals surface area contributed by atoms with Crippen LogP contribution in [0.3, 0.4) is 0 Å². The number of nitrogens with zero attached hydrogens (tertiary/aromatic N) is 4. The molecule has 0 aliphatic carbocycles. The Hall–Kier alpha value is -1.85. The van der Waals surface area contributed by atoms with Gasteiger partial charge in [-0.3, -0.25) is 0 Å². The van der Waals surface area contributed by atoms with Crippen LogP contribution in [0.2, 0.25) is 0 Å². The molecule has 1 unspecified atom stereocenters. The lowest BCUT2D eigenvalue weighted by molar-refractivity contribution is 0.318. The third-order valence-electron chi connectivity index (χ3n) is 3.16. The van der Waals surface area contributed by atoms with E-state index >= 15 is 0 Å². The van der Waals surface area contributed by atoms with E-state index in [4.69, 9.17) is 10.9 Å². The van der Waals surface area contributed by atoms with Crippen LogP contribution >= 0.6 is 0 Å². The fourth-order valence-electron chi connectivity index (χ4n) is 1.47. The summed E-state index contributed by atoms with van der Waals surface area (Å²) < 4.78 is 0. The van der Waals surface area contributed by atoms with Crippen molar-refractivity contribution in [2.45, 2.75) is 33.7 Å². The van der Waals surface area contributed by atoms with Crippen LogP contribution in [-0.2, 0) is 0 Å². The average molecular weight is 251 g/mol. The Bertz CT molecular complexity index is 438. The standard InChI is InChI=1S/C12H21N5O/c1-8(12(2,3)4)17(5)11-14-7-6-9(15-11)10(13)16-18/h6-8,18H,1-5H3,(H2,13,16). The van der Waals surface area contributed by atoms with Crippen LogP contribution in [0.25, 0.3) is 0 Å². The van der Waals surface area contributed by atoms with Gasteiger partial charge < -0.3 is 15.8 Å². The van der Waals surface area contributed by atoms with Crippen molar-refractivity contribution >= 4 is 11.8 Å². The molecule has 18 heavy (non-hydrogen) atoms. The summed E-state index contributed by atoms with van der Waals surface area (Å²) in [7, 11) is 1.93. The smallest absolute Gasteiger partial charge is 0.225 e. The maximum atomic E-state index is 8.65. The van der Waals surface area contributed by atoms with Crippen molar-refractivity contribution in [1.29, 1.82) is 0 Å². The Morgan fingerprint density at radius 1 is 1.50 bits per heavy atom. The van der Waals surface area contributed by atoms with Crippen LogP contribution in [0, 0.1) is 5.41 Å². The summed E-state index contributed by atoms with van der Waals surface area (Å²) in [5.74, 6) is 0.539. The molecule has 1 aromatic heterocycles. The van der Waals surface area contributed by atoms with Crippen LogP contribution in [0.5, 0.6) is 0 Å². The summed E-state index contributed by atoms with van der Waals surface area (Å²) in [5.41, 5.74) is 6.03. The average Bonchev–Trinajstić information content (AvgIpc) is 2.35. The monoisotopic (exact) mass is 251 g/mol. The lowest BCUT2D eigenvalue weighted by Crippen LogP contribution is -2.40. The Kier molecular flexibility index (Phi) is 4.11. The van der Waals surface area contributed by atoms with Gasteiger partial charge in [0.05, 0.1) is 0 Å². The zero-order valence-electron chi connectivity index (χ0n) is 11.5. The lowest BCUT2D eigenvalue weighted by atomic mass is 9.87. The Balaban J connectivity index is 3.04. The van der Waals surface area contributed by atoms with Crippen LogP contribution in [0.15, 0.2) is 17.4 Å². The van der Waals surface area contributed by atoms with Crippen molar-refractivity contribution < 1.29 is 5.21 Å². The molecule has 0 aliphatic rings. The largest absolute Gasteiger partial charge is 0.409 e. The van der Waals surface area contributed by atoms with Gasteiger partial charge in [0, 0.05) is 19.3 Å². The first-order valence-electron chi connectivity index (χ1n) is 5.81. The summed E-state index contributed by atoms with van der Waals surface area (Å²) in [5, 5.41) is 11.6. The third-order valence-corrected chi connectivity index (χ3v) is 3.16. The molecule has 0 saturated carbocycles. The highest BCUT2D eigenvalue weighted by molar-refractivity contribution is 5.95. The molecule has 1 atom stereocenters. The van der Waals surface area contributed by atoms with Crippen LogP contribution in [-0.4, -0.2) is 34.1 Å². The summed E-state index contributed by atoms with van der Waals surface area (Å²) in [6.45, 7) is 8.57. The minimum Gasteiger partial charge on any atom is -0.409 e. The minimum absolute atomic E-state index is 0.0181. The number of oxime groups is 1. The number of hydrogen-bond acceptors (Lipinski definition) is 5. The van der Waals surface area contributed by atoms with Crippen molar-refractivity contribution in [2.75, 3.05) is 11.9 Å². The molecule has 6 heteroatoms. The number of anilines is 1. The predicted octanol–water partition coefficient (Wildman–Crippen LogP) is 1.44. The first-order valence-corrected chi connectivity index (χ1v) is 5.81. The topological polar surface area (TPSA) is 87.6 Å². The van der Waals surface area contributed by atoms with Crippen molar-refractivity contribution in [3.63, 3.8) is 0 Å². The molecule has 100 valence electrons. The van der Waals surface area contributed by atoms with E-state index in [2.05, 4.69) is 42.8 Å². The van der Waals surface area contributed by atoms with E-state index in [1.54, 1.807) is 12.3 Å². The zero-order valence-corrected chi connectivity index (χ0v) is 11.5. The van der Waals surface area contributed by atoms with Gasteiger partial charge in [-0.1, -0.05) is 25.9 Å². The number of hydrogen-bond donors (Lipinski definition) is 2. The fraction of sp³-hybridized carbons (Fsp3) is 0.583. The van der Waals surface area contributed by atoms with Crippen molar-refractivity contribution in [1.82, 2.24) is 9.97 Å². The number of nitrogens with two attached hydrogens (primary N) is 1. The van der Waals surface area contributed by atoms with Crippen molar-refractivity contribution in [3.8, 4) is 0 Å². The van der Waals surface area contributed by atoms with Gasteiger partial charge in [0.2, 0.25) is 5.95 Å². The molecule has 1 heterocycles. The Morgan fingerprint density at radius 3 is 2.61 bits per heavy atom. The quantitative estimate of drug-likeness (QED) is 0.367. The van der Waals surface area contributed by atoms with Gasteiger partial charge in [0.15, 0.2) is 5.84 Å². The molecule has 0 saturated heterocycles.